The Balaban J connectivity index is 2.09. The molecule has 1 amide bonds. The number of nitrogens with one attached hydrogen (secondary N) is 1. The molecule has 0 saturated carbocycles. The lowest BCUT2D eigenvalue weighted by atomic mass is 10.1. The molecule has 15 heavy (non-hydrogen) atoms. The molecule has 0 spiro atoms. The van der Waals surface area contributed by atoms with Crippen molar-refractivity contribution in [2.45, 2.75) is 13.3 Å². The zero-order valence-electron chi connectivity index (χ0n) is 8.53. The fourth-order valence-corrected chi connectivity index (χ4v) is 1.48. The van der Waals surface area contributed by atoms with Crippen LogP contribution >= 0.6 is 0 Å². The summed E-state index contributed by atoms with van der Waals surface area (Å²) in [5.74, 6) is 0.158. The lowest BCUT2D eigenvalue weighted by Gasteiger charge is -2.24. The highest BCUT2D eigenvalue weighted by atomic mass is 16.2. The summed E-state index contributed by atoms with van der Waals surface area (Å²) in [7, 11) is 0. The van der Waals surface area contributed by atoms with Crippen LogP contribution in [0, 0.1) is 0 Å². The molecule has 0 aromatic carbocycles. The Morgan fingerprint density at radius 2 is 2.47 bits per heavy atom. The van der Waals surface area contributed by atoms with Crippen molar-refractivity contribution in [3.05, 3.63) is 17.5 Å². The van der Waals surface area contributed by atoms with Crippen LogP contribution in [-0.4, -0.2) is 39.1 Å². The first-order chi connectivity index (χ1) is 7.16. The van der Waals surface area contributed by atoms with Gasteiger partial charge in [-0.05, 0) is 13.3 Å². The average molecular weight is 207 g/mol. The summed E-state index contributed by atoms with van der Waals surface area (Å²) in [5, 5.41) is 6.14. The SMILES string of the molecule is CC1=CCN(C(=O)c2nc(N)n[nH]2)CC1. The van der Waals surface area contributed by atoms with E-state index in [1.54, 1.807) is 4.90 Å². The molecule has 6 nitrogen and oxygen atoms in total. The van der Waals surface area contributed by atoms with Gasteiger partial charge in [0.15, 0.2) is 0 Å². The van der Waals surface area contributed by atoms with E-state index in [1.165, 1.54) is 5.57 Å². The second kappa shape index (κ2) is 3.72. The maximum Gasteiger partial charge on any atom is 0.291 e. The number of carbonyl (C=O) groups is 1. The van der Waals surface area contributed by atoms with E-state index in [2.05, 4.69) is 22.1 Å². The second-order valence-electron chi connectivity index (χ2n) is 3.59. The molecule has 1 aliphatic heterocycles. The monoisotopic (exact) mass is 207 g/mol. The van der Waals surface area contributed by atoms with Crippen LogP contribution in [-0.2, 0) is 0 Å². The summed E-state index contributed by atoms with van der Waals surface area (Å²) in [6.45, 7) is 3.42. The molecule has 2 rings (SSSR count). The van der Waals surface area contributed by atoms with E-state index in [0.29, 0.717) is 6.54 Å². The summed E-state index contributed by atoms with van der Waals surface area (Å²) in [4.78, 5) is 17.3. The maximum atomic E-state index is 11.8. The van der Waals surface area contributed by atoms with Crippen molar-refractivity contribution in [1.82, 2.24) is 20.1 Å². The Bertz CT molecular complexity index is 408. The summed E-state index contributed by atoms with van der Waals surface area (Å²) >= 11 is 0. The van der Waals surface area contributed by atoms with E-state index in [1.807, 2.05) is 6.08 Å². The quantitative estimate of drug-likeness (QED) is 0.643. The number of nitrogen functional groups attached to an aromatic ring is 1. The molecule has 0 radical (unpaired) electrons. The summed E-state index contributed by atoms with van der Waals surface area (Å²) in [6, 6.07) is 0. The van der Waals surface area contributed by atoms with E-state index < -0.39 is 0 Å². The predicted octanol–water partition coefficient (Wildman–Crippen LogP) is 0.179. The second-order valence-corrected chi connectivity index (χ2v) is 3.59. The van der Waals surface area contributed by atoms with Gasteiger partial charge in [0.25, 0.3) is 5.91 Å². The van der Waals surface area contributed by atoms with Crippen LogP contribution in [0.25, 0.3) is 0 Å². The third-order valence-electron chi connectivity index (χ3n) is 2.43. The minimum atomic E-state index is -0.150. The standard InChI is InChI=1S/C9H13N5O/c1-6-2-4-14(5-3-6)8(15)7-11-9(10)13-12-7/h2H,3-5H2,1H3,(H3,10,11,12,13). The largest absolute Gasteiger partial charge is 0.366 e. The molecule has 0 atom stereocenters. The minimum absolute atomic E-state index is 0.0992. The Labute approximate surface area is 87.2 Å². The first-order valence-corrected chi connectivity index (χ1v) is 4.79. The van der Waals surface area contributed by atoms with Gasteiger partial charge in [-0.1, -0.05) is 11.6 Å². The Morgan fingerprint density at radius 1 is 1.67 bits per heavy atom. The Hall–Kier alpha value is -1.85. The Morgan fingerprint density at radius 3 is 3.00 bits per heavy atom. The van der Waals surface area contributed by atoms with Crippen molar-refractivity contribution in [3.8, 4) is 0 Å². The van der Waals surface area contributed by atoms with Gasteiger partial charge in [0.1, 0.15) is 0 Å². The lowest BCUT2D eigenvalue weighted by molar-refractivity contribution is 0.0757. The molecule has 1 aliphatic rings. The van der Waals surface area contributed by atoms with E-state index in [-0.39, 0.29) is 17.7 Å². The third-order valence-corrected chi connectivity index (χ3v) is 2.43. The lowest BCUT2D eigenvalue weighted by Crippen LogP contribution is -2.35. The van der Waals surface area contributed by atoms with Crippen molar-refractivity contribution in [3.63, 3.8) is 0 Å². The molecule has 3 N–H and O–H groups in total. The van der Waals surface area contributed by atoms with Gasteiger partial charge in [0.05, 0.1) is 0 Å². The van der Waals surface area contributed by atoms with Crippen molar-refractivity contribution in [2.75, 3.05) is 18.8 Å². The first-order valence-electron chi connectivity index (χ1n) is 4.79. The number of nitrogens with two attached hydrogens (primary N) is 1. The number of aromatic amines is 1. The summed E-state index contributed by atoms with van der Waals surface area (Å²) in [6.07, 6.45) is 2.95. The molecule has 0 saturated heterocycles. The van der Waals surface area contributed by atoms with Crippen molar-refractivity contribution < 1.29 is 4.79 Å². The van der Waals surface area contributed by atoms with Gasteiger partial charge in [0, 0.05) is 13.1 Å². The average Bonchev–Trinajstić information content (AvgIpc) is 2.65. The van der Waals surface area contributed by atoms with Gasteiger partial charge in [-0.25, -0.2) is 0 Å². The van der Waals surface area contributed by atoms with Gasteiger partial charge in [-0.3, -0.25) is 9.89 Å². The van der Waals surface area contributed by atoms with E-state index >= 15 is 0 Å². The molecule has 2 heterocycles. The molecule has 1 aromatic heterocycles. The fraction of sp³-hybridized carbons (Fsp3) is 0.444. The molecule has 6 heteroatoms. The van der Waals surface area contributed by atoms with Crippen LogP contribution in [0.1, 0.15) is 24.0 Å². The zero-order chi connectivity index (χ0) is 10.8. The van der Waals surface area contributed by atoms with Crippen molar-refractivity contribution in [2.24, 2.45) is 0 Å². The van der Waals surface area contributed by atoms with Gasteiger partial charge in [0.2, 0.25) is 11.8 Å². The van der Waals surface area contributed by atoms with Gasteiger partial charge in [-0.15, -0.1) is 5.10 Å². The maximum absolute atomic E-state index is 11.8. The Kier molecular flexibility index (Phi) is 2.40. The van der Waals surface area contributed by atoms with Crippen LogP contribution in [0.3, 0.4) is 0 Å². The third kappa shape index (κ3) is 1.98. The molecule has 0 aliphatic carbocycles. The topological polar surface area (TPSA) is 87.9 Å². The van der Waals surface area contributed by atoms with Crippen LogP contribution in [0.4, 0.5) is 5.95 Å². The number of H-pyrrole nitrogens is 1. The van der Waals surface area contributed by atoms with Gasteiger partial charge < -0.3 is 10.6 Å². The van der Waals surface area contributed by atoms with Crippen LogP contribution in [0.2, 0.25) is 0 Å². The smallest absolute Gasteiger partial charge is 0.291 e. The summed E-state index contributed by atoms with van der Waals surface area (Å²) in [5.41, 5.74) is 6.65. The molecule has 0 unspecified atom stereocenters. The highest BCUT2D eigenvalue weighted by Gasteiger charge is 2.20. The number of nitrogens with zero attached hydrogens (tertiary/aromatic N) is 3. The minimum Gasteiger partial charge on any atom is -0.366 e. The number of rotatable bonds is 1. The molecular formula is C9H13N5O. The highest BCUT2D eigenvalue weighted by molar-refractivity contribution is 5.90. The van der Waals surface area contributed by atoms with Crippen LogP contribution in [0.15, 0.2) is 11.6 Å². The fourth-order valence-electron chi connectivity index (χ4n) is 1.48. The predicted molar refractivity (Wildman–Crippen MR) is 55.1 cm³/mol. The molecule has 80 valence electrons. The van der Waals surface area contributed by atoms with Crippen LogP contribution < -0.4 is 5.73 Å². The van der Waals surface area contributed by atoms with E-state index in [9.17, 15) is 4.79 Å². The van der Waals surface area contributed by atoms with Crippen molar-refractivity contribution in [1.29, 1.82) is 0 Å². The van der Waals surface area contributed by atoms with Gasteiger partial charge in [-0.2, -0.15) is 4.98 Å². The molecule has 0 fully saturated rings. The number of carbonyl (C=O) groups excluding carboxylic acids is 1. The molecule has 0 bridgehead atoms. The summed E-state index contributed by atoms with van der Waals surface area (Å²) < 4.78 is 0. The van der Waals surface area contributed by atoms with Crippen LogP contribution in [0.5, 0.6) is 0 Å². The number of amides is 1. The van der Waals surface area contributed by atoms with E-state index in [4.69, 9.17) is 5.73 Å². The van der Waals surface area contributed by atoms with Crippen molar-refractivity contribution >= 4 is 11.9 Å². The zero-order valence-corrected chi connectivity index (χ0v) is 8.53. The highest BCUT2D eigenvalue weighted by Crippen LogP contribution is 2.11. The number of aromatic nitrogens is 3. The van der Waals surface area contributed by atoms with E-state index in [0.717, 1.165) is 13.0 Å². The molecule has 1 aromatic rings. The molecular weight excluding hydrogens is 194 g/mol. The first kappa shape index (κ1) is 9.70. The number of anilines is 1. The number of hydrogen-bond acceptors (Lipinski definition) is 4. The van der Waals surface area contributed by atoms with Gasteiger partial charge >= 0.3 is 0 Å². The number of hydrogen-bond donors (Lipinski definition) is 2. The normalized spacial score (nSPS) is 16.3.